The van der Waals surface area contributed by atoms with Crippen molar-refractivity contribution in [3.05, 3.63) is 88.8 Å². The maximum Gasteiger partial charge on any atom is 0.355 e. The summed E-state index contributed by atoms with van der Waals surface area (Å²) in [6, 6.07) is 16.2. The van der Waals surface area contributed by atoms with Gasteiger partial charge < -0.3 is 23.8 Å². The molecule has 0 amide bonds. The molecule has 1 atom stereocenters. The maximum absolute atomic E-state index is 13.0. The number of nitrogens with zero attached hydrogens (tertiary/aromatic N) is 1. The maximum atomic E-state index is 13.0. The van der Waals surface area contributed by atoms with Gasteiger partial charge in [0.2, 0.25) is 0 Å². The van der Waals surface area contributed by atoms with E-state index >= 15 is 0 Å². The molecule has 1 aliphatic heterocycles. The molecule has 3 rings (SSSR count). The summed E-state index contributed by atoms with van der Waals surface area (Å²) in [5.74, 6) is -2.30. The van der Waals surface area contributed by atoms with E-state index in [2.05, 4.69) is 0 Å². The summed E-state index contributed by atoms with van der Waals surface area (Å²) >= 11 is 0. The molecule has 0 saturated carbocycles. The van der Waals surface area contributed by atoms with Crippen LogP contribution >= 0.6 is 0 Å². The minimum absolute atomic E-state index is 0.0538. The number of carbonyl (C=O) groups is 3. The second-order valence-electron chi connectivity index (χ2n) is 7.11. The molecular formula is C25H25NO7. The van der Waals surface area contributed by atoms with Crippen LogP contribution in [0, 0.1) is 0 Å². The lowest BCUT2D eigenvalue weighted by atomic mass is 9.85. The Hall–Kier alpha value is -4.07. The fourth-order valence-corrected chi connectivity index (χ4v) is 3.68. The Morgan fingerprint density at radius 3 is 1.94 bits per heavy atom. The predicted octanol–water partition coefficient (Wildman–Crippen LogP) is 2.95. The summed E-state index contributed by atoms with van der Waals surface area (Å²) in [6.45, 7) is 0.127. The van der Waals surface area contributed by atoms with Gasteiger partial charge in [-0.15, -0.1) is 0 Å². The summed E-state index contributed by atoms with van der Waals surface area (Å²) in [4.78, 5) is 40.2. The first kappa shape index (κ1) is 23.6. The number of allylic oxidation sites excluding steroid dienone is 1. The normalized spacial score (nSPS) is 15.5. The summed E-state index contributed by atoms with van der Waals surface area (Å²) in [6.07, 6.45) is 1.59. The van der Waals surface area contributed by atoms with Crippen LogP contribution in [-0.2, 0) is 35.1 Å². The molecule has 0 aromatic heterocycles. The molecule has 0 fully saturated rings. The van der Waals surface area contributed by atoms with Crippen LogP contribution in [0.1, 0.15) is 17.0 Å². The monoisotopic (exact) mass is 451 g/mol. The van der Waals surface area contributed by atoms with E-state index in [1.807, 2.05) is 30.3 Å². The molecule has 1 aliphatic rings. The quantitative estimate of drug-likeness (QED) is 0.469. The number of methoxy groups -OCH3 is 4. The Bertz CT molecular complexity index is 1090. The van der Waals surface area contributed by atoms with Crippen molar-refractivity contribution in [3.8, 4) is 5.75 Å². The molecule has 0 radical (unpaired) electrons. The molecular weight excluding hydrogens is 426 g/mol. The first-order valence-electron chi connectivity index (χ1n) is 10.1. The van der Waals surface area contributed by atoms with E-state index in [-0.39, 0.29) is 23.5 Å². The van der Waals surface area contributed by atoms with E-state index in [1.165, 1.54) is 26.2 Å². The van der Waals surface area contributed by atoms with Crippen LogP contribution in [0.5, 0.6) is 5.75 Å². The topological polar surface area (TPSA) is 91.4 Å². The Balaban J connectivity index is 2.26. The Morgan fingerprint density at radius 1 is 0.788 bits per heavy atom. The number of benzene rings is 2. The highest BCUT2D eigenvalue weighted by Crippen LogP contribution is 2.39. The van der Waals surface area contributed by atoms with Gasteiger partial charge in [0, 0.05) is 12.5 Å². The largest absolute Gasteiger partial charge is 0.497 e. The summed E-state index contributed by atoms with van der Waals surface area (Å²) < 4.78 is 20.3. The van der Waals surface area contributed by atoms with Crippen LogP contribution < -0.4 is 4.74 Å². The third-order valence-electron chi connectivity index (χ3n) is 5.29. The molecule has 1 heterocycles. The zero-order valence-electron chi connectivity index (χ0n) is 18.9. The van der Waals surface area contributed by atoms with Gasteiger partial charge in [-0.05, 0) is 29.3 Å². The Labute approximate surface area is 192 Å². The van der Waals surface area contributed by atoms with Gasteiger partial charge in [0.25, 0.3) is 0 Å². The highest BCUT2D eigenvalue weighted by atomic mass is 16.5. The lowest BCUT2D eigenvalue weighted by Crippen LogP contribution is -2.38. The SMILES string of the molecule is COC(=O)C1=CC(c2ccc(OC)cc2)C(C(=O)OC)=C(C(=O)OC)N1Cc1ccccc1. The van der Waals surface area contributed by atoms with Crippen LogP contribution in [0.2, 0.25) is 0 Å². The van der Waals surface area contributed by atoms with Crippen LogP contribution in [0.15, 0.2) is 77.6 Å². The fraction of sp³-hybridized carbons (Fsp3) is 0.240. The molecule has 172 valence electrons. The third-order valence-corrected chi connectivity index (χ3v) is 5.29. The van der Waals surface area contributed by atoms with Crippen molar-refractivity contribution in [1.82, 2.24) is 4.90 Å². The van der Waals surface area contributed by atoms with Gasteiger partial charge in [0.05, 0.1) is 34.0 Å². The van der Waals surface area contributed by atoms with Crippen molar-refractivity contribution in [3.63, 3.8) is 0 Å². The van der Waals surface area contributed by atoms with E-state index in [4.69, 9.17) is 18.9 Å². The van der Waals surface area contributed by atoms with Crippen molar-refractivity contribution in [2.24, 2.45) is 0 Å². The molecule has 8 nitrogen and oxygen atoms in total. The molecule has 2 aromatic carbocycles. The second-order valence-corrected chi connectivity index (χ2v) is 7.11. The average molecular weight is 451 g/mol. The molecule has 8 heteroatoms. The van der Waals surface area contributed by atoms with E-state index in [9.17, 15) is 14.4 Å². The molecule has 2 aromatic rings. The van der Waals surface area contributed by atoms with E-state index in [1.54, 1.807) is 37.5 Å². The fourth-order valence-electron chi connectivity index (χ4n) is 3.68. The molecule has 0 spiro atoms. The van der Waals surface area contributed by atoms with Gasteiger partial charge >= 0.3 is 17.9 Å². The van der Waals surface area contributed by atoms with E-state index < -0.39 is 23.8 Å². The number of esters is 3. The highest BCUT2D eigenvalue weighted by molar-refractivity contribution is 6.04. The minimum atomic E-state index is -0.778. The summed E-state index contributed by atoms with van der Waals surface area (Å²) in [5.41, 5.74) is 1.53. The zero-order valence-corrected chi connectivity index (χ0v) is 18.9. The molecule has 33 heavy (non-hydrogen) atoms. The standard InChI is InChI=1S/C25H25NO7/c1-30-18-12-10-17(11-13-18)19-14-20(23(27)31-2)26(15-16-8-6-5-7-9-16)22(25(29)33-4)21(19)24(28)32-3/h5-14,19H,15H2,1-4H3. The Morgan fingerprint density at radius 2 is 1.39 bits per heavy atom. The van der Waals surface area contributed by atoms with Gasteiger partial charge in [-0.1, -0.05) is 42.5 Å². The zero-order chi connectivity index (χ0) is 24.0. The van der Waals surface area contributed by atoms with Crippen molar-refractivity contribution < 1.29 is 33.3 Å². The van der Waals surface area contributed by atoms with Crippen molar-refractivity contribution in [2.45, 2.75) is 12.5 Å². The van der Waals surface area contributed by atoms with Crippen LogP contribution in [0.25, 0.3) is 0 Å². The van der Waals surface area contributed by atoms with Gasteiger partial charge in [-0.2, -0.15) is 0 Å². The van der Waals surface area contributed by atoms with Gasteiger partial charge in [0.1, 0.15) is 17.1 Å². The Kier molecular flexibility index (Phi) is 7.50. The van der Waals surface area contributed by atoms with Crippen LogP contribution in [0.3, 0.4) is 0 Å². The molecule has 0 N–H and O–H groups in total. The van der Waals surface area contributed by atoms with Gasteiger partial charge in [-0.25, -0.2) is 14.4 Å². The predicted molar refractivity (Wildman–Crippen MR) is 119 cm³/mol. The molecule has 1 unspecified atom stereocenters. The minimum Gasteiger partial charge on any atom is -0.497 e. The van der Waals surface area contributed by atoms with Crippen molar-refractivity contribution in [2.75, 3.05) is 28.4 Å². The molecule has 0 aliphatic carbocycles. The smallest absolute Gasteiger partial charge is 0.355 e. The van der Waals surface area contributed by atoms with Crippen LogP contribution in [-0.4, -0.2) is 51.2 Å². The van der Waals surface area contributed by atoms with Crippen molar-refractivity contribution in [1.29, 1.82) is 0 Å². The van der Waals surface area contributed by atoms with Crippen LogP contribution in [0.4, 0.5) is 0 Å². The lowest BCUT2D eigenvalue weighted by Gasteiger charge is -2.34. The average Bonchev–Trinajstić information content (AvgIpc) is 2.87. The molecule has 0 bridgehead atoms. The first-order valence-corrected chi connectivity index (χ1v) is 10.1. The number of ether oxygens (including phenoxy) is 4. The summed E-state index contributed by atoms with van der Waals surface area (Å²) in [7, 11) is 5.24. The van der Waals surface area contributed by atoms with E-state index in [0.29, 0.717) is 11.3 Å². The number of hydrogen-bond donors (Lipinski definition) is 0. The second kappa shape index (κ2) is 10.5. The van der Waals surface area contributed by atoms with Gasteiger partial charge in [-0.3, -0.25) is 0 Å². The van der Waals surface area contributed by atoms with Gasteiger partial charge in [0.15, 0.2) is 0 Å². The van der Waals surface area contributed by atoms with Crippen molar-refractivity contribution >= 4 is 17.9 Å². The summed E-state index contributed by atoms with van der Waals surface area (Å²) in [5, 5.41) is 0. The van der Waals surface area contributed by atoms with E-state index in [0.717, 1.165) is 5.56 Å². The first-order chi connectivity index (χ1) is 15.9. The number of rotatable bonds is 7. The highest BCUT2D eigenvalue weighted by Gasteiger charge is 2.40. The third kappa shape index (κ3) is 4.90. The number of carbonyl (C=O) groups excluding carboxylic acids is 3. The number of hydrogen-bond acceptors (Lipinski definition) is 8. The lowest BCUT2D eigenvalue weighted by molar-refractivity contribution is -0.142. The molecule has 0 saturated heterocycles.